The summed E-state index contributed by atoms with van der Waals surface area (Å²) in [6.45, 7) is 4.23. The fourth-order valence-electron chi connectivity index (χ4n) is 2.55. The average molecular weight is 371 g/mol. The number of hydrogen-bond acceptors (Lipinski definition) is 4. The van der Waals surface area contributed by atoms with E-state index in [1.54, 1.807) is 13.0 Å². The second-order valence-corrected chi connectivity index (χ2v) is 9.30. The quantitative estimate of drug-likeness (QED) is 0.252. The maximum atomic E-state index is 11.5. The van der Waals surface area contributed by atoms with Crippen molar-refractivity contribution in [1.29, 1.82) is 0 Å². The highest BCUT2D eigenvalue weighted by Gasteiger charge is 2.40. The monoisotopic (exact) mass is 370 g/mol. The summed E-state index contributed by atoms with van der Waals surface area (Å²) in [6, 6.07) is 21.0. The molecule has 0 aromatic heterocycles. The predicted octanol–water partition coefficient (Wildman–Crippen LogP) is 5.12. The number of allylic oxidation sites excluding steroid dienone is 1. The third-order valence-corrected chi connectivity index (χ3v) is 7.29. The number of carbonyl (C=O) groups is 1. The zero-order valence-electron chi connectivity index (χ0n) is 15.4. The first kappa shape index (κ1) is 19.8. The Morgan fingerprint density at radius 3 is 1.96 bits per heavy atom. The standard InChI is InChI=1S/C21H26O4Si/c1-3-12-21(22)23-17-11-18-26(4-2,24-19-13-7-5-8-14-19)25-20-15-9-6-10-16-20/h3,5-10,12-16H,4,11,17-18H2,1-2H3. The number of esters is 1. The van der Waals surface area contributed by atoms with Crippen LogP contribution in [0.2, 0.25) is 12.1 Å². The summed E-state index contributed by atoms with van der Waals surface area (Å²) in [6.07, 6.45) is 3.79. The lowest BCUT2D eigenvalue weighted by atomic mass is 10.3. The van der Waals surface area contributed by atoms with Gasteiger partial charge in [-0.15, -0.1) is 0 Å². The highest BCUT2D eigenvalue weighted by molar-refractivity contribution is 6.68. The molecule has 0 fully saturated rings. The van der Waals surface area contributed by atoms with Gasteiger partial charge in [-0.2, -0.15) is 0 Å². The molecule has 2 aromatic rings. The molecule has 138 valence electrons. The van der Waals surface area contributed by atoms with Crippen LogP contribution in [-0.4, -0.2) is 21.1 Å². The molecule has 0 aliphatic carbocycles. The van der Waals surface area contributed by atoms with Crippen molar-refractivity contribution in [3.63, 3.8) is 0 Å². The highest BCUT2D eigenvalue weighted by atomic mass is 28.4. The summed E-state index contributed by atoms with van der Waals surface area (Å²) in [7, 11) is -2.55. The second kappa shape index (κ2) is 10.5. The van der Waals surface area contributed by atoms with Crippen LogP contribution in [0.1, 0.15) is 20.3 Å². The SMILES string of the molecule is CC=CC(=O)OCCC[Si](CC)(Oc1ccccc1)Oc1ccccc1. The van der Waals surface area contributed by atoms with Gasteiger partial charge in [-0.05, 0) is 37.6 Å². The van der Waals surface area contributed by atoms with Crippen LogP contribution >= 0.6 is 0 Å². The molecule has 2 aromatic carbocycles. The molecule has 0 atom stereocenters. The number of rotatable bonds is 10. The summed E-state index contributed by atoms with van der Waals surface area (Å²) in [4.78, 5) is 11.5. The number of ether oxygens (including phenoxy) is 1. The van der Waals surface area contributed by atoms with Gasteiger partial charge in [0, 0.05) is 18.2 Å². The van der Waals surface area contributed by atoms with E-state index in [0.29, 0.717) is 13.0 Å². The lowest BCUT2D eigenvalue weighted by Gasteiger charge is -2.31. The van der Waals surface area contributed by atoms with Crippen LogP contribution < -0.4 is 8.85 Å². The van der Waals surface area contributed by atoms with E-state index >= 15 is 0 Å². The minimum absolute atomic E-state index is 0.316. The molecule has 0 heterocycles. The molecule has 26 heavy (non-hydrogen) atoms. The fraction of sp³-hybridized carbons (Fsp3) is 0.286. The van der Waals surface area contributed by atoms with E-state index in [4.69, 9.17) is 13.6 Å². The smallest absolute Gasteiger partial charge is 0.460 e. The van der Waals surface area contributed by atoms with Crippen LogP contribution in [-0.2, 0) is 9.53 Å². The average Bonchev–Trinajstić information content (AvgIpc) is 2.67. The first-order chi connectivity index (χ1) is 12.7. The summed E-state index contributed by atoms with van der Waals surface area (Å²) < 4.78 is 18.0. The third-order valence-electron chi connectivity index (χ3n) is 3.88. The van der Waals surface area contributed by atoms with Crippen LogP contribution in [0.15, 0.2) is 72.8 Å². The summed E-state index contributed by atoms with van der Waals surface area (Å²) in [5.41, 5.74) is 0. The van der Waals surface area contributed by atoms with Crippen molar-refractivity contribution >= 4 is 14.5 Å². The van der Waals surface area contributed by atoms with Crippen LogP contribution in [0.4, 0.5) is 0 Å². The Morgan fingerprint density at radius 2 is 1.50 bits per heavy atom. The molecule has 0 bridgehead atoms. The molecule has 2 rings (SSSR count). The zero-order valence-corrected chi connectivity index (χ0v) is 16.4. The van der Waals surface area contributed by atoms with Gasteiger partial charge in [0.15, 0.2) is 0 Å². The van der Waals surface area contributed by atoms with Crippen LogP contribution in [0.3, 0.4) is 0 Å². The number of para-hydroxylation sites is 2. The van der Waals surface area contributed by atoms with Gasteiger partial charge in [0.05, 0.1) is 6.61 Å². The molecule has 0 saturated heterocycles. The maximum Gasteiger partial charge on any atom is 0.460 e. The molecular weight excluding hydrogens is 344 g/mol. The fourth-order valence-corrected chi connectivity index (χ4v) is 5.25. The Labute approximate surface area is 156 Å². The Bertz CT molecular complexity index is 644. The Morgan fingerprint density at radius 1 is 0.962 bits per heavy atom. The second-order valence-electron chi connectivity index (χ2n) is 5.87. The third kappa shape index (κ3) is 6.41. The molecule has 5 heteroatoms. The molecular formula is C21H26O4Si. The summed E-state index contributed by atoms with van der Waals surface area (Å²) in [5, 5.41) is 0. The lowest BCUT2D eigenvalue weighted by molar-refractivity contribution is -0.137. The van der Waals surface area contributed by atoms with Crippen molar-refractivity contribution in [3.05, 3.63) is 72.8 Å². The lowest BCUT2D eigenvalue weighted by Crippen LogP contribution is -2.48. The van der Waals surface area contributed by atoms with Gasteiger partial charge < -0.3 is 13.6 Å². The molecule has 4 nitrogen and oxygen atoms in total. The number of benzene rings is 2. The number of hydrogen-bond donors (Lipinski definition) is 0. The van der Waals surface area contributed by atoms with Crippen molar-refractivity contribution in [2.75, 3.05) is 6.61 Å². The molecule has 0 spiro atoms. The maximum absolute atomic E-state index is 11.5. The van der Waals surface area contributed by atoms with E-state index < -0.39 is 8.56 Å². The highest BCUT2D eigenvalue weighted by Crippen LogP contribution is 2.27. The van der Waals surface area contributed by atoms with E-state index in [9.17, 15) is 4.79 Å². The minimum Gasteiger partial charge on any atom is -0.512 e. The van der Waals surface area contributed by atoms with Crippen LogP contribution in [0.5, 0.6) is 11.5 Å². The van der Waals surface area contributed by atoms with E-state index in [0.717, 1.165) is 23.6 Å². The Balaban J connectivity index is 2.07. The summed E-state index contributed by atoms with van der Waals surface area (Å²) >= 11 is 0. The Hall–Kier alpha value is -2.53. The van der Waals surface area contributed by atoms with E-state index in [1.807, 2.05) is 60.7 Å². The van der Waals surface area contributed by atoms with Crippen molar-refractivity contribution in [2.45, 2.75) is 32.4 Å². The van der Waals surface area contributed by atoms with Gasteiger partial charge in [-0.3, -0.25) is 0 Å². The van der Waals surface area contributed by atoms with E-state index in [2.05, 4.69) is 6.92 Å². The summed E-state index contributed by atoms with van der Waals surface area (Å²) in [5.74, 6) is 1.30. The van der Waals surface area contributed by atoms with E-state index in [1.165, 1.54) is 6.08 Å². The largest absolute Gasteiger partial charge is 0.512 e. The van der Waals surface area contributed by atoms with E-state index in [-0.39, 0.29) is 5.97 Å². The number of carbonyl (C=O) groups excluding carboxylic acids is 1. The normalized spacial score (nSPS) is 11.3. The van der Waals surface area contributed by atoms with Gasteiger partial charge >= 0.3 is 14.5 Å². The molecule has 0 radical (unpaired) electrons. The van der Waals surface area contributed by atoms with Crippen LogP contribution in [0.25, 0.3) is 0 Å². The molecule has 0 amide bonds. The molecule has 0 saturated carbocycles. The molecule has 0 N–H and O–H groups in total. The molecule has 0 aliphatic heterocycles. The van der Waals surface area contributed by atoms with Crippen molar-refractivity contribution in [2.24, 2.45) is 0 Å². The first-order valence-corrected chi connectivity index (χ1v) is 11.2. The Kier molecular flexibility index (Phi) is 7.96. The van der Waals surface area contributed by atoms with Crippen molar-refractivity contribution in [3.8, 4) is 11.5 Å². The first-order valence-electron chi connectivity index (χ1n) is 8.95. The van der Waals surface area contributed by atoms with Gasteiger partial charge in [0.1, 0.15) is 11.5 Å². The molecule has 0 aliphatic rings. The molecule has 0 unspecified atom stereocenters. The van der Waals surface area contributed by atoms with Crippen molar-refractivity contribution < 1.29 is 18.4 Å². The van der Waals surface area contributed by atoms with Gasteiger partial charge in [0.25, 0.3) is 0 Å². The van der Waals surface area contributed by atoms with Gasteiger partial charge in [0.2, 0.25) is 0 Å². The predicted molar refractivity (Wildman–Crippen MR) is 106 cm³/mol. The van der Waals surface area contributed by atoms with Gasteiger partial charge in [-0.1, -0.05) is 49.4 Å². The van der Waals surface area contributed by atoms with Gasteiger partial charge in [-0.25, -0.2) is 4.79 Å². The van der Waals surface area contributed by atoms with Crippen LogP contribution in [0, 0.1) is 0 Å². The topological polar surface area (TPSA) is 44.8 Å². The van der Waals surface area contributed by atoms with Crippen molar-refractivity contribution in [1.82, 2.24) is 0 Å². The minimum atomic E-state index is -2.55. The zero-order chi connectivity index (χ0) is 18.7.